The highest BCUT2D eigenvalue weighted by atomic mass is 19.1. The van der Waals surface area contributed by atoms with Crippen molar-refractivity contribution in [2.24, 2.45) is 0 Å². The number of unbranched alkanes of at least 4 members (excludes halogenated alkanes) is 3. The molecule has 1 unspecified atom stereocenters. The molecule has 35 heavy (non-hydrogen) atoms. The highest BCUT2D eigenvalue weighted by molar-refractivity contribution is 5.94. The molecule has 6 heteroatoms. The number of nitrogens with zero attached hydrogens (tertiary/aromatic N) is 3. The number of fused-ring (bicyclic) bond motifs is 1. The van der Waals surface area contributed by atoms with Crippen LogP contribution >= 0.6 is 0 Å². The van der Waals surface area contributed by atoms with Crippen LogP contribution in [0.15, 0.2) is 83.7 Å². The lowest BCUT2D eigenvalue weighted by molar-refractivity contribution is 0.0672. The van der Waals surface area contributed by atoms with E-state index >= 15 is 0 Å². The van der Waals surface area contributed by atoms with Gasteiger partial charge in [-0.15, -0.1) is 0 Å². The number of aromatic nitrogens is 2. The molecule has 0 radical (unpaired) electrons. The number of carbonyl (C=O) groups excluding carboxylic acids is 1. The number of para-hydroxylation sites is 2. The Bertz CT molecular complexity index is 1370. The Morgan fingerprint density at radius 2 is 1.63 bits per heavy atom. The summed E-state index contributed by atoms with van der Waals surface area (Å²) in [6, 6.07) is 21.9. The molecular formula is C29H30FN3O2. The zero-order valence-electron chi connectivity index (χ0n) is 20.2. The molecule has 0 aliphatic heterocycles. The predicted octanol–water partition coefficient (Wildman–Crippen LogP) is 6.31. The van der Waals surface area contributed by atoms with Gasteiger partial charge in [-0.05, 0) is 49.7 Å². The fourth-order valence-corrected chi connectivity index (χ4v) is 4.37. The summed E-state index contributed by atoms with van der Waals surface area (Å²) in [5.41, 5.74) is 1.05. The third-order valence-corrected chi connectivity index (χ3v) is 6.27. The lowest BCUT2D eigenvalue weighted by atomic mass is 10.1. The monoisotopic (exact) mass is 471 g/mol. The molecule has 0 fully saturated rings. The zero-order valence-corrected chi connectivity index (χ0v) is 20.2. The average molecular weight is 472 g/mol. The average Bonchev–Trinajstić information content (AvgIpc) is 2.89. The standard InChI is InChI=1S/C29H30FN3O2/c1-3-4-5-13-20-32(28(34)23-16-9-11-18-25(23)30)21(2)27-31-26-19-12-10-17-24(26)29(35)33(27)22-14-7-6-8-15-22/h6-12,14-19,21H,3-5,13,20H2,1-2H3. The van der Waals surface area contributed by atoms with E-state index in [-0.39, 0.29) is 11.1 Å². The summed E-state index contributed by atoms with van der Waals surface area (Å²) in [7, 11) is 0. The van der Waals surface area contributed by atoms with Crippen molar-refractivity contribution in [1.82, 2.24) is 14.5 Å². The second kappa shape index (κ2) is 11.1. The van der Waals surface area contributed by atoms with Crippen LogP contribution in [-0.2, 0) is 0 Å². The van der Waals surface area contributed by atoms with Gasteiger partial charge in [-0.2, -0.15) is 0 Å². The van der Waals surface area contributed by atoms with Crippen molar-refractivity contribution in [3.63, 3.8) is 0 Å². The minimum absolute atomic E-state index is 0.0178. The van der Waals surface area contributed by atoms with Crippen molar-refractivity contribution in [3.05, 3.63) is 106 Å². The normalized spacial score (nSPS) is 12.0. The second-order valence-corrected chi connectivity index (χ2v) is 8.68. The number of hydrogen-bond donors (Lipinski definition) is 0. The third kappa shape index (κ3) is 5.16. The van der Waals surface area contributed by atoms with Crippen molar-refractivity contribution in [2.75, 3.05) is 6.54 Å². The first kappa shape index (κ1) is 24.3. The highest BCUT2D eigenvalue weighted by Crippen LogP contribution is 2.26. The third-order valence-electron chi connectivity index (χ3n) is 6.27. The summed E-state index contributed by atoms with van der Waals surface area (Å²) in [5.74, 6) is -0.524. The van der Waals surface area contributed by atoms with Gasteiger partial charge in [0.05, 0.1) is 28.2 Å². The van der Waals surface area contributed by atoms with Crippen LogP contribution in [0.1, 0.15) is 61.8 Å². The van der Waals surface area contributed by atoms with Crippen molar-refractivity contribution in [1.29, 1.82) is 0 Å². The first-order valence-corrected chi connectivity index (χ1v) is 12.2. The number of amides is 1. The molecule has 0 spiro atoms. The van der Waals surface area contributed by atoms with E-state index in [1.807, 2.05) is 49.4 Å². The zero-order chi connectivity index (χ0) is 24.8. The van der Waals surface area contributed by atoms with Crippen LogP contribution in [0.2, 0.25) is 0 Å². The Morgan fingerprint density at radius 3 is 2.37 bits per heavy atom. The van der Waals surface area contributed by atoms with E-state index in [1.165, 1.54) is 12.1 Å². The molecule has 0 saturated carbocycles. The molecule has 1 amide bonds. The van der Waals surface area contributed by atoms with Crippen molar-refractivity contribution in [3.8, 4) is 5.69 Å². The lowest BCUT2D eigenvalue weighted by Crippen LogP contribution is -2.38. The van der Waals surface area contributed by atoms with Crippen LogP contribution in [0.4, 0.5) is 4.39 Å². The SMILES string of the molecule is CCCCCCN(C(=O)c1ccccc1F)C(C)c1nc2ccccc2c(=O)n1-c1ccccc1. The molecule has 180 valence electrons. The minimum Gasteiger partial charge on any atom is -0.329 e. The van der Waals surface area contributed by atoms with Gasteiger partial charge in [0.1, 0.15) is 11.6 Å². The summed E-state index contributed by atoms with van der Waals surface area (Å²) in [6.07, 6.45) is 3.86. The van der Waals surface area contributed by atoms with Crippen molar-refractivity contribution in [2.45, 2.75) is 45.6 Å². The van der Waals surface area contributed by atoms with Crippen LogP contribution in [0.5, 0.6) is 0 Å². The lowest BCUT2D eigenvalue weighted by Gasteiger charge is -2.31. The summed E-state index contributed by atoms with van der Waals surface area (Å²) >= 11 is 0. The van der Waals surface area contributed by atoms with E-state index in [0.29, 0.717) is 29.0 Å². The van der Waals surface area contributed by atoms with E-state index < -0.39 is 17.8 Å². The Balaban J connectivity index is 1.85. The Hall–Kier alpha value is -3.80. The van der Waals surface area contributed by atoms with Gasteiger partial charge in [-0.1, -0.05) is 68.7 Å². The Kier molecular flexibility index (Phi) is 7.70. The topological polar surface area (TPSA) is 55.2 Å². The maximum atomic E-state index is 14.6. The molecule has 3 aromatic carbocycles. The number of rotatable bonds is 9. The smallest absolute Gasteiger partial charge is 0.266 e. The van der Waals surface area contributed by atoms with Crippen LogP contribution < -0.4 is 5.56 Å². The number of carbonyl (C=O) groups is 1. The molecule has 0 aliphatic carbocycles. The summed E-state index contributed by atoms with van der Waals surface area (Å²) in [6.45, 7) is 4.42. The summed E-state index contributed by atoms with van der Waals surface area (Å²) in [5, 5.41) is 0.502. The van der Waals surface area contributed by atoms with Gasteiger partial charge in [-0.25, -0.2) is 9.37 Å². The molecule has 1 aromatic heterocycles. The van der Waals surface area contributed by atoms with Gasteiger partial charge >= 0.3 is 0 Å². The number of benzene rings is 3. The fraction of sp³-hybridized carbons (Fsp3) is 0.276. The van der Waals surface area contributed by atoms with Crippen LogP contribution in [-0.4, -0.2) is 26.9 Å². The molecule has 0 saturated heterocycles. The maximum absolute atomic E-state index is 14.6. The number of hydrogen-bond acceptors (Lipinski definition) is 3. The second-order valence-electron chi connectivity index (χ2n) is 8.68. The molecule has 0 N–H and O–H groups in total. The summed E-state index contributed by atoms with van der Waals surface area (Å²) in [4.78, 5) is 33.7. The molecular weight excluding hydrogens is 441 g/mol. The van der Waals surface area contributed by atoms with Crippen LogP contribution in [0, 0.1) is 5.82 Å². The van der Waals surface area contributed by atoms with E-state index in [0.717, 1.165) is 25.7 Å². The van der Waals surface area contributed by atoms with Gasteiger partial charge in [0.2, 0.25) is 0 Å². The summed E-state index contributed by atoms with van der Waals surface area (Å²) < 4.78 is 16.2. The van der Waals surface area contributed by atoms with Crippen LogP contribution in [0.25, 0.3) is 16.6 Å². The van der Waals surface area contributed by atoms with Gasteiger partial charge in [0.25, 0.3) is 11.5 Å². The van der Waals surface area contributed by atoms with Gasteiger partial charge in [0.15, 0.2) is 0 Å². The molecule has 0 aliphatic rings. The molecule has 5 nitrogen and oxygen atoms in total. The van der Waals surface area contributed by atoms with Gasteiger partial charge in [-0.3, -0.25) is 14.2 Å². The quantitative estimate of drug-likeness (QED) is 0.269. The van der Waals surface area contributed by atoms with E-state index in [9.17, 15) is 14.0 Å². The maximum Gasteiger partial charge on any atom is 0.266 e. The predicted molar refractivity (Wildman–Crippen MR) is 137 cm³/mol. The van der Waals surface area contributed by atoms with Gasteiger partial charge < -0.3 is 4.90 Å². The van der Waals surface area contributed by atoms with Crippen molar-refractivity contribution >= 4 is 16.8 Å². The van der Waals surface area contributed by atoms with E-state index in [4.69, 9.17) is 4.98 Å². The highest BCUT2D eigenvalue weighted by Gasteiger charge is 2.28. The van der Waals surface area contributed by atoms with Crippen LogP contribution in [0.3, 0.4) is 0 Å². The number of halogens is 1. The Labute approximate surface area is 204 Å². The first-order chi connectivity index (χ1) is 17.0. The molecule has 1 heterocycles. The minimum atomic E-state index is -0.568. The van der Waals surface area contributed by atoms with E-state index in [2.05, 4.69) is 6.92 Å². The molecule has 4 rings (SSSR count). The largest absolute Gasteiger partial charge is 0.329 e. The molecule has 1 atom stereocenters. The molecule has 0 bridgehead atoms. The van der Waals surface area contributed by atoms with E-state index in [1.54, 1.807) is 33.7 Å². The fourth-order valence-electron chi connectivity index (χ4n) is 4.37. The Morgan fingerprint density at radius 1 is 0.943 bits per heavy atom. The molecule has 4 aromatic rings. The first-order valence-electron chi connectivity index (χ1n) is 12.2. The van der Waals surface area contributed by atoms with Gasteiger partial charge in [0, 0.05) is 6.54 Å². The van der Waals surface area contributed by atoms with Crippen molar-refractivity contribution < 1.29 is 9.18 Å².